The monoisotopic (exact) mass is 270 g/mol. The van der Waals surface area contributed by atoms with Gasteiger partial charge in [-0.3, -0.25) is 4.79 Å². The largest absolute Gasteiger partial charge is 0.341 e. The SMILES string of the molecule is Cc1nc(Cn2ccc3ccc(C=O)cc32)sc1C. The lowest BCUT2D eigenvalue weighted by Gasteiger charge is -2.03. The average Bonchev–Trinajstić information content (AvgIpc) is 2.94. The lowest BCUT2D eigenvalue weighted by molar-refractivity contribution is 0.112. The van der Waals surface area contributed by atoms with Crippen LogP contribution in [0.25, 0.3) is 10.9 Å². The van der Waals surface area contributed by atoms with E-state index < -0.39 is 0 Å². The number of carbonyl (C=O) groups is 1. The molecular weight excluding hydrogens is 256 g/mol. The molecule has 0 saturated heterocycles. The van der Waals surface area contributed by atoms with Gasteiger partial charge in [-0.05, 0) is 31.4 Å². The molecule has 0 amide bonds. The van der Waals surface area contributed by atoms with Crippen molar-refractivity contribution in [2.45, 2.75) is 20.4 Å². The normalized spacial score (nSPS) is 11.1. The van der Waals surface area contributed by atoms with Crippen LogP contribution in [0.5, 0.6) is 0 Å². The predicted molar refractivity (Wildman–Crippen MR) is 78.0 cm³/mol. The quantitative estimate of drug-likeness (QED) is 0.682. The van der Waals surface area contributed by atoms with Gasteiger partial charge in [-0.25, -0.2) is 4.98 Å². The zero-order valence-electron chi connectivity index (χ0n) is 10.9. The van der Waals surface area contributed by atoms with Gasteiger partial charge in [-0.1, -0.05) is 12.1 Å². The van der Waals surface area contributed by atoms with Gasteiger partial charge in [0.1, 0.15) is 11.3 Å². The van der Waals surface area contributed by atoms with Crippen LogP contribution in [-0.2, 0) is 6.54 Å². The maximum absolute atomic E-state index is 10.9. The summed E-state index contributed by atoms with van der Waals surface area (Å²) in [5.74, 6) is 0. The van der Waals surface area contributed by atoms with Crippen LogP contribution in [0.2, 0.25) is 0 Å². The number of fused-ring (bicyclic) bond motifs is 1. The number of hydrogen-bond acceptors (Lipinski definition) is 3. The Morgan fingerprint density at radius 3 is 2.84 bits per heavy atom. The summed E-state index contributed by atoms with van der Waals surface area (Å²) in [6.45, 7) is 4.88. The van der Waals surface area contributed by atoms with Crippen LogP contribution >= 0.6 is 11.3 Å². The molecule has 0 aliphatic carbocycles. The number of thiazole rings is 1. The topological polar surface area (TPSA) is 34.9 Å². The molecule has 1 aromatic carbocycles. The highest BCUT2D eigenvalue weighted by Crippen LogP contribution is 2.21. The molecule has 0 radical (unpaired) electrons. The summed E-state index contributed by atoms with van der Waals surface area (Å²) in [6.07, 6.45) is 2.93. The van der Waals surface area contributed by atoms with Crippen molar-refractivity contribution in [2.75, 3.05) is 0 Å². The van der Waals surface area contributed by atoms with E-state index in [1.54, 1.807) is 11.3 Å². The molecule has 4 heteroatoms. The van der Waals surface area contributed by atoms with E-state index in [0.29, 0.717) is 5.56 Å². The first-order valence-electron chi connectivity index (χ1n) is 6.14. The summed E-state index contributed by atoms with van der Waals surface area (Å²) >= 11 is 1.73. The first-order valence-corrected chi connectivity index (χ1v) is 6.96. The van der Waals surface area contributed by atoms with Gasteiger partial charge in [0, 0.05) is 22.2 Å². The highest BCUT2D eigenvalue weighted by Gasteiger charge is 2.07. The first kappa shape index (κ1) is 12.1. The first-order chi connectivity index (χ1) is 9.17. The highest BCUT2D eigenvalue weighted by molar-refractivity contribution is 7.11. The Morgan fingerprint density at radius 1 is 1.32 bits per heavy atom. The summed E-state index contributed by atoms with van der Waals surface area (Å²) in [6, 6.07) is 7.82. The van der Waals surface area contributed by atoms with Crippen LogP contribution in [0.15, 0.2) is 30.5 Å². The zero-order chi connectivity index (χ0) is 13.4. The van der Waals surface area contributed by atoms with Crippen molar-refractivity contribution in [2.24, 2.45) is 0 Å². The van der Waals surface area contributed by atoms with Gasteiger partial charge in [-0.2, -0.15) is 0 Å². The van der Waals surface area contributed by atoms with Crippen LogP contribution < -0.4 is 0 Å². The number of carbonyl (C=O) groups excluding carboxylic acids is 1. The molecule has 0 bridgehead atoms. The number of hydrogen-bond donors (Lipinski definition) is 0. The number of nitrogens with zero attached hydrogens (tertiary/aromatic N) is 2. The molecule has 0 N–H and O–H groups in total. The number of aromatic nitrogens is 2. The van der Waals surface area contributed by atoms with Crippen LogP contribution in [0.3, 0.4) is 0 Å². The Hall–Kier alpha value is -1.94. The van der Waals surface area contributed by atoms with Crippen molar-refractivity contribution >= 4 is 28.5 Å². The molecule has 0 unspecified atom stereocenters. The molecule has 3 nitrogen and oxygen atoms in total. The maximum atomic E-state index is 10.9. The molecule has 2 aromatic heterocycles. The Balaban J connectivity index is 2.02. The molecule has 96 valence electrons. The van der Waals surface area contributed by atoms with Gasteiger partial charge in [0.05, 0.1) is 12.2 Å². The van der Waals surface area contributed by atoms with Crippen molar-refractivity contribution in [1.82, 2.24) is 9.55 Å². The second-order valence-corrected chi connectivity index (χ2v) is 5.92. The molecule has 0 aliphatic rings. The maximum Gasteiger partial charge on any atom is 0.150 e. The highest BCUT2D eigenvalue weighted by atomic mass is 32.1. The second kappa shape index (κ2) is 4.63. The molecule has 0 fully saturated rings. The zero-order valence-corrected chi connectivity index (χ0v) is 11.7. The van der Waals surface area contributed by atoms with Crippen LogP contribution in [-0.4, -0.2) is 15.8 Å². The number of rotatable bonds is 3. The number of aldehydes is 1. The molecule has 19 heavy (non-hydrogen) atoms. The van der Waals surface area contributed by atoms with E-state index in [4.69, 9.17) is 0 Å². The third-order valence-electron chi connectivity index (χ3n) is 3.31. The Labute approximate surface area is 115 Å². The molecule has 0 spiro atoms. The van der Waals surface area contributed by atoms with E-state index in [2.05, 4.69) is 22.5 Å². The summed E-state index contributed by atoms with van der Waals surface area (Å²) in [5.41, 5.74) is 2.89. The Bertz CT molecular complexity index is 735. The third kappa shape index (κ3) is 2.19. The standard InChI is InChI=1S/C15H14N2OS/c1-10-11(2)19-15(16-10)8-17-6-5-13-4-3-12(9-18)7-14(13)17/h3-7,9H,8H2,1-2H3. The van der Waals surface area contributed by atoms with Crippen molar-refractivity contribution in [1.29, 1.82) is 0 Å². The predicted octanol–water partition coefficient (Wildman–Crippen LogP) is 3.58. The molecule has 0 saturated carbocycles. The minimum Gasteiger partial charge on any atom is -0.341 e. The average molecular weight is 270 g/mol. The lowest BCUT2D eigenvalue weighted by Crippen LogP contribution is -1.97. The smallest absolute Gasteiger partial charge is 0.150 e. The molecule has 2 heterocycles. The molecule has 0 atom stereocenters. The molecule has 0 aliphatic heterocycles. The lowest BCUT2D eigenvalue weighted by atomic mass is 10.2. The van der Waals surface area contributed by atoms with Crippen molar-refractivity contribution < 1.29 is 4.79 Å². The summed E-state index contributed by atoms with van der Waals surface area (Å²) in [5, 5.41) is 2.25. The summed E-state index contributed by atoms with van der Waals surface area (Å²) < 4.78 is 2.14. The van der Waals surface area contributed by atoms with E-state index in [0.717, 1.165) is 34.4 Å². The van der Waals surface area contributed by atoms with E-state index in [-0.39, 0.29) is 0 Å². The van der Waals surface area contributed by atoms with Crippen LogP contribution in [0.1, 0.15) is 25.9 Å². The fraction of sp³-hybridized carbons (Fsp3) is 0.200. The summed E-state index contributed by atoms with van der Waals surface area (Å²) in [7, 11) is 0. The fourth-order valence-electron chi connectivity index (χ4n) is 2.16. The Kier molecular flexibility index (Phi) is 2.95. The minimum absolute atomic E-state index is 0.707. The molecule has 3 rings (SSSR count). The molecule has 3 aromatic rings. The fourth-order valence-corrected chi connectivity index (χ4v) is 3.10. The van der Waals surface area contributed by atoms with Crippen molar-refractivity contribution in [3.8, 4) is 0 Å². The van der Waals surface area contributed by atoms with E-state index in [1.807, 2.05) is 31.3 Å². The molecular formula is C15H14N2OS. The van der Waals surface area contributed by atoms with Gasteiger partial charge in [-0.15, -0.1) is 11.3 Å². The van der Waals surface area contributed by atoms with Crippen molar-refractivity contribution in [3.05, 3.63) is 51.6 Å². The van der Waals surface area contributed by atoms with Gasteiger partial charge >= 0.3 is 0 Å². The van der Waals surface area contributed by atoms with E-state index in [1.165, 1.54) is 4.88 Å². The van der Waals surface area contributed by atoms with Gasteiger partial charge in [0.25, 0.3) is 0 Å². The number of benzene rings is 1. The van der Waals surface area contributed by atoms with Crippen LogP contribution in [0.4, 0.5) is 0 Å². The second-order valence-electron chi connectivity index (χ2n) is 4.63. The van der Waals surface area contributed by atoms with Gasteiger partial charge in [0.15, 0.2) is 0 Å². The Morgan fingerprint density at radius 2 is 2.16 bits per heavy atom. The van der Waals surface area contributed by atoms with E-state index in [9.17, 15) is 4.79 Å². The van der Waals surface area contributed by atoms with Gasteiger partial charge < -0.3 is 4.57 Å². The summed E-state index contributed by atoms with van der Waals surface area (Å²) in [4.78, 5) is 16.7. The van der Waals surface area contributed by atoms with Crippen molar-refractivity contribution in [3.63, 3.8) is 0 Å². The van der Waals surface area contributed by atoms with Gasteiger partial charge in [0.2, 0.25) is 0 Å². The number of aryl methyl sites for hydroxylation is 2. The minimum atomic E-state index is 0.707. The van der Waals surface area contributed by atoms with Crippen LogP contribution in [0, 0.1) is 13.8 Å². The van der Waals surface area contributed by atoms with E-state index >= 15 is 0 Å². The third-order valence-corrected chi connectivity index (χ3v) is 4.37.